The molecule has 0 radical (unpaired) electrons. The van der Waals surface area contributed by atoms with Crippen molar-refractivity contribution in [2.75, 3.05) is 0 Å². The summed E-state index contributed by atoms with van der Waals surface area (Å²) in [5, 5.41) is 7.22. The Labute approximate surface area is 293 Å². The minimum atomic E-state index is 0.903. The lowest BCUT2D eigenvalue weighted by atomic mass is 9.96. The van der Waals surface area contributed by atoms with Crippen LogP contribution in [0.1, 0.15) is 0 Å². The summed E-state index contributed by atoms with van der Waals surface area (Å²) in [4.78, 5) is 0. The maximum Gasteiger partial charge on any atom is 0.135 e. The predicted octanol–water partition coefficient (Wildman–Crippen LogP) is 13.1. The fourth-order valence-electron chi connectivity index (χ4n) is 8.27. The van der Waals surface area contributed by atoms with Crippen molar-refractivity contribution in [3.63, 3.8) is 0 Å². The highest BCUT2D eigenvalue weighted by Crippen LogP contribution is 2.41. The standard InChI is InChI=1S/C48H30N2O/c1-2-12-31(13-3-1)32-14-10-15-33(28-32)36-19-11-22-45-48(36)39-18-5-8-21-43(39)50(45)34-24-26-44-40(29-34)37-16-4-7-20-42(37)49(44)35-25-27-47-41(30-35)38-17-6-9-23-46(38)51-47/h1-30H. The summed E-state index contributed by atoms with van der Waals surface area (Å²) in [5.74, 6) is 0. The van der Waals surface area contributed by atoms with E-state index in [-0.39, 0.29) is 0 Å². The number of hydrogen-bond acceptors (Lipinski definition) is 1. The van der Waals surface area contributed by atoms with Crippen molar-refractivity contribution in [3.8, 4) is 33.6 Å². The molecule has 0 amide bonds. The monoisotopic (exact) mass is 650 g/mol. The second kappa shape index (κ2) is 10.8. The molecule has 3 nitrogen and oxygen atoms in total. The van der Waals surface area contributed by atoms with Gasteiger partial charge in [-0.3, -0.25) is 0 Å². The second-order valence-electron chi connectivity index (χ2n) is 13.3. The molecule has 11 rings (SSSR count). The Morgan fingerprint density at radius 1 is 0.314 bits per heavy atom. The number of fused-ring (bicyclic) bond motifs is 9. The normalized spacial score (nSPS) is 11.9. The number of furan rings is 1. The molecule has 8 aromatic carbocycles. The van der Waals surface area contributed by atoms with E-state index in [1.165, 1.54) is 65.9 Å². The van der Waals surface area contributed by atoms with Gasteiger partial charge >= 0.3 is 0 Å². The number of para-hydroxylation sites is 3. The maximum absolute atomic E-state index is 6.18. The number of aromatic nitrogens is 2. The van der Waals surface area contributed by atoms with E-state index in [0.717, 1.165) is 33.3 Å². The van der Waals surface area contributed by atoms with Crippen LogP contribution in [0.2, 0.25) is 0 Å². The molecular formula is C48H30N2O. The van der Waals surface area contributed by atoms with Crippen molar-refractivity contribution in [2.24, 2.45) is 0 Å². The highest BCUT2D eigenvalue weighted by atomic mass is 16.3. The summed E-state index contributed by atoms with van der Waals surface area (Å²) in [6.07, 6.45) is 0. The van der Waals surface area contributed by atoms with Crippen LogP contribution >= 0.6 is 0 Å². The third-order valence-corrected chi connectivity index (χ3v) is 10.5. The van der Waals surface area contributed by atoms with Gasteiger partial charge in [-0.1, -0.05) is 115 Å². The Bertz CT molecular complexity index is 3140. The van der Waals surface area contributed by atoms with Gasteiger partial charge in [0.2, 0.25) is 0 Å². The van der Waals surface area contributed by atoms with Gasteiger partial charge in [0.05, 0.1) is 22.1 Å². The molecule has 0 saturated heterocycles. The highest BCUT2D eigenvalue weighted by molar-refractivity contribution is 6.17. The molecule has 0 N–H and O–H groups in total. The van der Waals surface area contributed by atoms with Crippen molar-refractivity contribution in [2.45, 2.75) is 0 Å². The first kappa shape index (κ1) is 28.0. The molecule has 238 valence electrons. The van der Waals surface area contributed by atoms with Crippen molar-refractivity contribution in [1.29, 1.82) is 0 Å². The van der Waals surface area contributed by atoms with Gasteiger partial charge in [0.25, 0.3) is 0 Å². The van der Waals surface area contributed by atoms with Crippen molar-refractivity contribution >= 4 is 65.6 Å². The Morgan fingerprint density at radius 2 is 0.882 bits per heavy atom. The molecule has 3 heteroatoms. The van der Waals surface area contributed by atoms with Crippen LogP contribution in [0.4, 0.5) is 0 Å². The summed E-state index contributed by atoms with van der Waals surface area (Å²) in [6, 6.07) is 65.6. The molecule has 0 spiro atoms. The van der Waals surface area contributed by atoms with Gasteiger partial charge in [-0.25, -0.2) is 0 Å². The molecule has 11 aromatic rings. The van der Waals surface area contributed by atoms with Crippen LogP contribution in [0.5, 0.6) is 0 Å². The van der Waals surface area contributed by atoms with Crippen LogP contribution in [-0.4, -0.2) is 9.13 Å². The van der Waals surface area contributed by atoms with E-state index in [2.05, 4.69) is 179 Å². The van der Waals surface area contributed by atoms with Crippen molar-refractivity contribution in [1.82, 2.24) is 9.13 Å². The third-order valence-electron chi connectivity index (χ3n) is 10.5. The Morgan fingerprint density at radius 3 is 1.75 bits per heavy atom. The minimum absolute atomic E-state index is 0.903. The molecule has 0 aliphatic carbocycles. The van der Waals surface area contributed by atoms with Crippen LogP contribution in [-0.2, 0) is 0 Å². The molecule has 51 heavy (non-hydrogen) atoms. The van der Waals surface area contributed by atoms with E-state index in [1.54, 1.807) is 0 Å². The molecule has 0 aliphatic rings. The lowest BCUT2D eigenvalue weighted by molar-refractivity contribution is 0.669. The average molecular weight is 651 g/mol. The Hall–Kier alpha value is -6.84. The number of benzene rings is 8. The number of hydrogen-bond donors (Lipinski definition) is 0. The molecule has 0 fully saturated rings. The summed E-state index contributed by atoms with van der Waals surface area (Å²) in [7, 11) is 0. The zero-order valence-corrected chi connectivity index (χ0v) is 27.6. The minimum Gasteiger partial charge on any atom is -0.456 e. The van der Waals surface area contributed by atoms with Crippen LogP contribution in [0.25, 0.3) is 99.2 Å². The Kier molecular flexibility index (Phi) is 5.96. The molecule has 3 aromatic heterocycles. The topological polar surface area (TPSA) is 23.0 Å². The number of rotatable bonds is 4. The fraction of sp³-hybridized carbons (Fsp3) is 0. The summed E-state index contributed by atoms with van der Waals surface area (Å²) < 4.78 is 11.0. The first-order chi connectivity index (χ1) is 25.3. The Balaban J connectivity index is 1.13. The molecule has 3 heterocycles. The smallest absolute Gasteiger partial charge is 0.135 e. The molecule has 0 saturated carbocycles. The molecular weight excluding hydrogens is 621 g/mol. The first-order valence-electron chi connectivity index (χ1n) is 17.4. The van der Waals surface area contributed by atoms with Gasteiger partial charge in [-0.15, -0.1) is 0 Å². The van der Waals surface area contributed by atoms with Crippen LogP contribution in [0.3, 0.4) is 0 Å². The van der Waals surface area contributed by atoms with Crippen LogP contribution in [0.15, 0.2) is 186 Å². The second-order valence-corrected chi connectivity index (χ2v) is 13.3. The lowest BCUT2D eigenvalue weighted by Gasteiger charge is -2.11. The van der Waals surface area contributed by atoms with E-state index in [1.807, 2.05) is 12.1 Å². The molecule has 0 atom stereocenters. The quantitative estimate of drug-likeness (QED) is 0.186. The summed E-state index contributed by atoms with van der Waals surface area (Å²) in [5.41, 5.74) is 13.7. The van der Waals surface area contributed by atoms with E-state index in [9.17, 15) is 0 Å². The van der Waals surface area contributed by atoms with E-state index in [0.29, 0.717) is 0 Å². The molecule has 0 aliphatic heterocycles. The largest absolute Gasteiger partial charge is 0.456 e. The summed E-state index contributed by atoms with van der Waals surface area (Å²) in [6.45, 7) is 0. The zero-order chi connectivity index (χ0) is 33.5. The molecule has 0 unspecified atom stereocenters. The van der Waals surface area contributed by atoms with E-state index in [4.69, 9.17) is 4.42 Å². The first-order valence-corrected chi connectivity index (χ1v) is 17.4. The van der Waals surface area contributed by atoms with E-state index < -0.39 is 0 Å². The van der Waals surface area contributed by atoms with Crippen molar-refractivity contribution in [3.05, 3.63) is 182 Å². The molecule has 0 bridgehead atoms. The predicted molar refractivity (Wildman–Crippen MR) is 213 cm³/mol. The van der Waals surface area contributed by atoms with Gasteiger partial charge in [0, 0.05) is 43.7 Å². The van der Waals surface area contributed by atoms with Crippen molar-refractivity contribution < 1.29 is 4.42 Å². The summed E-state index contributed by atoms with van der Waals surface area (Å²) >= 11 is 0. The SMILES string of the molecule is c1ccc(-c2cccc(-c3cccc4c3c3ccccc3n4-c3ccc4c(c3)c3ccccc3n4-c3ccc4oc5ccccc5c4c3)c2)cc1. The zero-order valence-electron chi connectivity index (χ0n) is 27.6. The van der Waals surface area contributed by atoms with Gasteiger partial charge in [0.1, 0.15) is 11.2 Å². The van der Waals surface area contributed by atoms with Crippen LogP contribution < -0.4 is 0 Å². The fourth-order valence-corrected chi connectivity index (χ4v) is 8.27. The van der Waals surface area contributed by atoms with Gasteiger partial charge in [-0.05, 0) is 89.0 Å². The third kappa shape index (κ3) is 4.19. The highest BCUT2D eigenvalue weighted by Gasteiger charge is 2.19. The van der Waals surface area contributed by atoms with Gasteiger partial charge in [0.15, 0.2) is 0 Å². The van der Waals surface area contributed by atoms with Crippen LogP contribution in [0, 0.1) is 0 Å². The average Bonchev–Trinajstić information content (AvgIpc) is 3.85. The maximum atomic E-state index is 6.18. The van der Waals surface area contributed by atoms with Gasteiger partial charge < -0.3 is 13.6 Å². The van der Waals surface area contributed by atoms with E-state index >= 15 is 0 Å². The number of nitrogens with zero attached hydrogens (tertiary/aromatic N) is 2. The van der Waals surface area contributed by atoms with Gasteiger partial charge in [-0.2, -0.15) is 0 Å². The lowest BCUT2D eigenvalue weighted by Crippen LogP contribution is -1.96.